The maximum atomic E-state index is 12.0. The molecule has 0 amide bonds. The molecule has 2 rings (SSSR count). The zero-order valence-electron chi connectivity index (χ0n) is 12.1. The molecule has 0 spiro atoms. The van der Waals surface area contributed by atoms with Gasteiger partial charge in [-0.1, -0.05) is 0 Å². The van der Waals surface area contributed by atoms with E-state index in [1.54, 1.807) is 37.4 Å². The van der Waals surface area contributed by atoms with Crippen molar-refractivity contribution >= 4 is 27.7 Å². The van der Waals surface area contributed by atoms with Crippen LogP contribution in [0.2, 0.25) is 0 Å². The van der Waals surface area contributed by atoms with Crippen LogP contribution in [0, 0.1) is 6.92 Å². The van der Waals surface area contributed by atoms with Crippen LogP contribution in [0.3, 0.4) is 0 Å². The van der Waals surface area contributed by atoms with Crippen molar-refractivity contribution < 1.29 is 19.1 Å². The molecule has 0 aliphatic carbocycles. The van der Waals surface area contributed by atoms with E-state index in [0.29, 0.717) is 21.3 Å². The van der Waals surface area contributed by atoms with Crippen LogP contribution >= 0.6 is 15.9 Å². The molecule has 114 valence electrons. The van der Waals surface area contributed by atoms with E-state index in [1.807, 2.05) is 6.92 Å². The van der Waals surface area contributed by atoms with E-state index in [4.69, 9.17) is 9.47 Å². The number of hydrogen-bond donors (Lipinski definition) is 0. The van der Waals surface area contributed by atoms with Crippen molar-refractivity contribution in [3.63, 3.8) is 0 Å². The van der Waals surface area contributed by atoms with Gasteiger partial charge in [0, 0.05) is 17.5 Å². The van der Waals surface area contributed by atoms with Crippen molar-refractivity contribution in [1.29, 1.82) is 0 Å². The average Bonchev–Trinajstić information content (AvgIpc) is 2.52. The minimum Gasteiger partial charge on any atom is -0.496 e. The van der Waals surface area contributed by atoms with Gasteiger partial charge in [0.2, 0.25) is 0 Å². The summed E-state index contributed by atoms with van der Waals surface area (Å²) in [6.07, 6.45) is 1.42. The largest absolute Gasteiger partial charge is 0.496 e. The normalized spacial score (nSPS) is 10.1. The second kappa shape index (κ2) is 7.17. The molecule has 1 aromatic heterocycles. The monoisotopic (exact) mass is 363 g/mol. The first kappa shape index (κ1) is 16.2. The number of nitrogens with zero attached hydrogens (tertiary/aromatic N) is 1. The molecule has 0 aliphatic rings. The van der Waals surface area contributed by atoms with Crippen LogP contribution in [0.5, 0.6) is 5.75 Å². The van der Waals surface area contributed by atoms with Crippen molar-refractivity contribution in [2.75, 3.05) is 13.7 Å². The smallest absolute Gasteiger partial charge is 0.340 e. The van der Waals surface area contributed by atoms with Gasteiger partial charge in [-0.05, 0) is 53.2 Å². The molecule has 1 aromatic carbocycles. The molecular formula is C16H14BrNO4. The number of carbonyl (C=O) groups excluding carboxylic acids is 2. The van der Waals surface area contributed by atoms with Gasteiger partial charge in [-0.3, -0.25) is 9.78 Å². The number of halogens is 1. The Balaban J connectivity index is 1.99. The van der Waals surface area contributed by atoms with Crippen LogP contribution in [-0.4, -0.2) is 30.5 Å². The fraction of sp³-hybridized carbons (Fsp3) is 0.188. The van der Waals surface area contributed by atoms with E-state index in [9.17, 15) is 9.59 Å². The highest BCUT2D eigenvalue weighted by atomic mass is 79.9. The van der Waals surface area contributed by atoms with Gasteiger partial charge in [-0.25, -0.2) is 4.79 Å². The molecule has 0 fully saturated rings. The first-order valence-electron chi connectivity index (χ1n) is 6.48. The van der Waals surface area contributed by atoms with Crippen LogP contribution < -0.4 is 4.74 Å². The Kier molecular flexibility index (Phi) is 5.27. The standard InChI is InChI=1S/C16H14BrNO4/c1-10-3-4-12(8-18-10)16(20)22-9-14(19)11-5-6-15(21-2)13(17)7-11/h3-8H,9H2,1-2H3. The zero-order valence-corrected chi connectivity index (χ0v) is 13.7. The number of esters is 1. The third-order valence-corrected chi connectivity index (χ3v) is 3.57. The van der Waals surface area contributed by atoms with Gasteiger partial charge in [0.05, 0.1) is 17.1 Å². The van der Waals surface area contributed by atoms with Crippen molar-refractivity contribution in [2.24, 2.45) is 0 Å². The van der Waals surface area contributed by atoms with E-state index in [0.717, 1.165) is 5.69 Å². The minimum absolute atomic E-state index is 0.295. The first-order valence-corrected chi connectivity index (χ1v) is 7.27. The van der Waals surface area contributed by atoms with E-state index in [2.05, 4.69) is 20.9 Å². The molecule has 1 heterocycles. The summed E-state index contributed by atoms with van der Waals surface area (Å²) in [6, 6.07) is 8.23. The molecule has 0 radical (unpaired) electrons. The second-order valence-electron chi connectivity index (χ2n) is 4.54. The third-order valence-electron chi connectivity index (χ3n) is 2.96. The maximum Gasteiger partial charge on any atom is 0.340 e. The van der Waals surface area contributed by atoms with Gasteiger partial charge < -0.3 is 9.47 Å². The number of rotatable bonds is 5. The number of aromatic nitrogens is 1. The van der Waals surface area contributed by atoms with Gasteiger partial charge >= 0.3 is 5.97 Å². The predicted octanol–water partition coefficient (Wildman–Crippen LogP) is 3.20. The van der Waals surface area contributed by atoms with Gasteiger partial charge in [-0.15, -0.1) is 0 Å². The molecule has 0 unspecified atom stereocenters. The van der Waals surface area contributed by atoms with Crippen LogP contribution in [0.15, 0.2) is 41.0 Å². The van der Waals surface area contributed by atoms with Gasteiger partial charge in [0.25, 0.3) is 0 Å². The van der Waals surface area contributed by atoms with Crippen LogP contribution in [-0.2, 0) is 4.74 Å². The van der Waals surface area contributed by atoms with E-state index in [-0.39, 0.29) is 12.4 Å². The Bertz CT molecular complexity index is 698. The van der Waals surface area contributed by atoms with Crippen molar-refractivity contribution in [3.8, 4) is 5.75 Å². The fourth-order valence-corrected chi connectivity index (χ4v) is 2.27. The van der Waals surface area contributed by atoms with Crippen molar-refractivity contribution in [2.45, 2.75) is 6.92 Å². The summed E-state index contributed by atoms with van der Waals surface area (Å²) in [5, 5.41) is 0. The number of pyridine rings is 1. The summed E-state index contributed by atoms with van der Waals surface area (Å²) in [6.45, 7) is 1.49. The Labute approximate surface area is 136 Å². The van der Waals surface area contributed by atoms with Gasteiger partial charge in [-0.2, -0.15) is 0 Å². The quantitative estimate of drug-likeness (QED) is 0.602. The maximum absolute atomic E-state index is 12.0. The molecule has 0 bridgehead atoms. The lowest BCUT2D eigenvalue weighted by molar-refractivity contribution is 0.0474. The molecule has 0 atom stereocenters. The predicted molar refractivity (Wildman–Crippen MR) is 84.3 cm³/mol. The topological polar surface area (TPSA) is 65.5 Å². The molecule has 6 heteroatoms. The first-order chi connectivity index (χ1) is 10.5. The molecule has 5 nitrogen and oxygen atoms in total. The van der Waals surface area contributed by atoms with Crippen molar-refractivity contribution in [1.82, 2.24) is 4.98 Å². The lowest BCUT2D eigenvalue weighted by Crippen LogP contribution is -2.14. The Morgan fingerprint density at radius 3 is 2.50 bits per heavy atom. The highest BCUT2D eigenvalue weighted by molar-refractivity contribution is 9.10. The number of carbonyl (C=O) groups is 2. The lowest BCUT2D eigenvalue weighted by atomic mass is 10.1. The molecule has 22 heavy (non-hydrogen) atoms. The van der Waals surface area contributed by atoms with Crippen LogP contribution in [0.1, 0.15) is 26.4 Å². The number of ether oxygens (including phenoxy) is 2. The average molecular weight is 364 g/mol. The van der Waals surface area contributed by atoms with Crippen LogP contribution in [0.25, 0.3) is 0 Å². The zero-order chi connectivity index (χ0) is 16.1. The molecule has 0 N–H and O–H groups in total. The molecule has 0 saturated heterocycles. The Morgan fingerprint density at radius 2 is 1.91 bits per heavy atom. The molecule has 0 aliphatic heterocycles. The number of methoxy groups -OCH3 is 1. The van der Waals surface area contributed by atoms with E-state index < -0.39 is 5.97 Å². The van der Waals surface area contributed by atoms with Gasteiger partial charge in [0.15, 0.2) is 12.4 Å². The summed E-state index contributed by atoms with van der Waals surface area (Å²) in [5.74, 6) is -0.246. The Morgan fingerprint density at radius 1 is 1.18 bits per heavy atom. The number of hydrogen-bond acceptors (Lipinski definition) is 5. The SMILES string of the molecule is COc1ccc(C(=O)COC(=O)c2ccc(C)nc2)cc1Br. The molecule has 0 saturated carbocycles. The third kappa shape index (κ3) is 3.92. The van der Waals surface area contributed by atoms with Crippen LogP contribution in [0.4, 0.5) is 0 Å². The number of aryl methyl sites for hydroxylation is 1. The van der Waals surface area contributed by atoms with E-state index in [1.165, 1.54) is 6.20 Å². The number of ketones is 1. The summed E-state index contributed by atoms with van der Waals surface area (Å²) in [5.41, 5.74) is 1.55. The molecule has 2 aromatic rings. The minimum atomic E-state index is -0.576. The Hall–Kier alpha value is -2.21. The fourth-order valence-electron chi connectivity index (χ4n) is 1.73. The summed E-state index contributed by atoms with van der Waals surface area (Å²) < 4.78 is 10.8. The summed E-state index contributed by atoms with van der Waals surface area (Å²) >= 11 is 3.31. The second-order valence-corrected chi connectivity index (χ2v) is 5.39. The number of benzene rings is 1. The highest BCUT2D eigenvalue weighted by Gasteiger charge is 2.13. The number of Topliss-reactive ketones (excluding diaryl/α,β-unsaturated/α-hetero) is 1. The lowest BCUT2D eigenvalue weighted by Gasteiger charge is -2.07. The summed E-state index contributed by atoms with van der Waals surface area (Å²) in [4.78, 5) is 27.9. The van der Waals surface area contributed by atoms with Crippen molar-refractivity contribution in [3.05, 3.63) is 57.8 Å². The van der Waals surface area contributed by atoms with Gasteiger partial charge in [0.1, 0.15) is 5.75 Å². The van der Waals surface area contributed by atoms with E-state index >= 15 is 0 Å². The highest BCUT2D eigenvalue weighted by Crippen LogP contribution is 2.25. The molecular weight excluding hydrogens is 350 g/mol. The summed E-state index contributed by atoms with van der Waals surface area (Å²) in [7, 11) is 1.54.